The number of aliphatic hydroxyl groups excluding tert-OH is 1. The number of halogens is 1. The van der Waals surface area contributed by atoms with E-state index in [4.69, 9.17) is 11.6 Å². The van der Waals surface area contributed by atoms with Crippen LogP contribution in [0.25, 0.3) is 0 Å². The molecular weight excluding hydrogens is 472 g/mol. The molecule has 4 amide bonds. The molecule has 0 radical (unpaired) electrons. The number of amides is 4. The number of fused-ring (bicyclic) bond motifs is 1. The number of nitrogens with zero attached hydrogens (tertiary/aromatic N) is 4. The molecule has 2 fully saturated rings. The van der Waals surface area contributed by atoms with Crippen molar-refractivity contribution in [2.24, 2.45) is 5.41 Å². The van der Waals surface area contributed by atoms with Crippen molar-refractivity contribution in [3.63, 3.8) is 0 Å². The van der Waals surface area contributed by atoms with E-state index in [1.54, 1.807) is 40.3 Å². The van der Waals surface area contributed by atoms with Crippen LogP contribution in [-0.2, 0) is 9.59 Å². The maximum atomic E-state index is 13.4. The molecule has 3 aliphatic rings. The van der Waals surface area contributed by atoms with Gasteiger partial charge < -0.3 is 35.3 Å². The Balaban J connectivity index is 1.34. The molecule has 2 saturated heterocycles. The Morgan fingerprint density at radius 2 is 1.80 bits per heavy atom. The van der Waals surface area contributed by atoms with Gasteiger partial charge in [-0.05, 0) is 42.5 Å². The highest BCUT2D eigenvalue weighted by Gasteiger charge is 2.43. The molecule has 0 unspecified atom stereocenters. The lowest BCUT2D eigenvalue weighted by molar-refractivity contribution is -0.138. The van der Waals surface area contributed by atoms with Crippen molar-refractivity contribution in [1.29, 1.82) is 0 Å². The van der Waals surface area contributed by atoms with Crippen LogP contribution in [0.1, 0.15) is 33.6 Å². The second-order valence-electron chi connectivity index (χ2n) is 10.3. The number of hydrogen-bond donors (Lipinski definition) is 3. The fourth-order valence-corrected chi connectivity index (χ4v) is 4.85. The zero-order chi connectivity index (χ0) is 25.3. The summed E-state index contributed by atoms with van der Waals surface area (Å²) in [6.45, 7) is 7.68. The zero-order valence-electron chi connectivity index (χ0n) is 20.3. The summed E-state index contributed by atoms with van der Waals surface area (Å²) in [4.78, 5) is 46.2. The second-order valence-corrected chi connectivity index (χ2v) is 10.7. The number of benzene rings is 1. The van der Waals surface area contributed by atoms with Gasteiger partial charge >= 0.3 is 6.03 Å². The molecule has 11 heteroatoms. The minimum Gasteiger partial charge on any atom is -0.376 e. The highest BCUT2D eigenvalue weighted by molar-refractivity contribution is 6.30. The number of carbonyl (C=O) groups excluding carboxylic acids is 3. The lowest BCUT2D eigenvalue weighted by atomic mass is 9.85. The Hall–Kier alpha value is -2.98. The third-order valence-corrected chi connectivity index (χ3v) is 6.94. The monoisotopic (exact) mass is 504 g/mol. The van der Waals surface area contributed by atoms with Crippen molar-refractivity contribution in [2.45, 2.75) is 45.7 Å². The van der Waals surface area contributed by atoms with Gasteiger partial charge in [0, 0.05) is 36.0 Å². The minimum absolute atomic E-state index is 0.0289. The maximum Gasteiger partial charge on any atom is 0.319 e. The first-order valence-corrected chi connectivity index (χ1v) is 12.2. The first-order chi connectivity index (χ1) is 16.6. The molecule has 1 atom stereocenters. The van der Waals surface area contributed by atoms with Gasteiger partial charge in [0.05, 0.1) is 13.3 Å². The average molecular weight is 505 g/mol. The Labute approximate surface area is 210 Å². The van der Waals surface area contributed by atoms with Crippen molar-refractivity contribution in [3.05, 3.63) is 41.2 Å². The number of hydrogen-bond acceptors (Lipinski definition) is 6. The van der Waals surface area contributed by atoms with Crippen molar-refractivity contribution in [2.75, 3.05) is 38.5 Å². The lowest BCUT2D eigenvalue weighted by Crippen LogP contribution is -2.58. The van der Waals surface area contributed by atoms with Crippen LogP contribution in [0.3, 0.4) is 0 Å². The summed E-state index contributed by atoms with van der Waals surface area (Å²) >= 11 is 5.90. The summed E-state index contributed by atoms with van der Waals surface area (Å²) in [5.41, 5.74) is 0.702. The third-order valence-electron chi connectivity index (χ3n) is 6.69. The lowest BCUT2D eigenvalue weighted by Gasteiger charge is -2.40. The Morgan fingerprint density at radius 3 is 2.37 bits per heavy atom. The summed E-state index contributed by atoms with van der Waals surface area (Å²) in [5, 5.41) is 15.5. The summed E-state index contributed by atoms with van der Waals surface area (Å²) in [6.07, 6.45) is 3.06. The molecule has 0 saturated carbocycles. The molecule has 3 N–H and O–H groups in total. The first-order valence-electron chi connectivity index (χ1n) is 11.8. The van der Waals surface area contributed by atoms with Crippen LogP contribution in [0.2, 0.25) is 5.02 Å². The second kappa shape index (κ2) is 9.94. The molecule has 35 heavy (non-hydrogen) atoms. The normalized spacial score (nSPS) is 19.6. The van der Waals surface area contributed by atoms with Gasteiger partial charge in [0.2, 0.25) is 5.91 Å². The number of urea groups is 1. The number of nitrogens with one attached hydrogen (secondary N) is 2. The van der Waals surface area contributed by atoms with Crippen molar-refractivity contribution in [1.82, 2.24) is 24.9 Å². The SMILES string of the molecule is CC(C)(C)[C@@H](NC(=O)Nc1ccc(Cl)cc1)C(=O)N1CCC(N2CN3CN(CO)C=C3C2=O)CC1. The van der Waals surface area contributed by atoms with Gasteiger partial charge in [-0.2, -0.15) is 0 Å². The largest absolute Gasteiger partial charge is 0.376 e. The topological polar surface area (TPSA) is 108 Å². The van der Waals surface area contributed by atoms with Crippen molar-refractivity contribution >= 4 is 35.1 Å². The van der Waals surface area contributed by atoms with Gasteiger partial charge in [-0.25, -0.2) is 4.79 Å². The summed E-state index contributed by atoms with van der Waals surface area (Å²) in [5.74, 6) is -0.157. The molecule has 1 aromatic carbocycles. The zero-order valence-corrected chi connectivity index (χ0v) is 21.1. The van der Waals surface area contributed by atoms with Gasteiger partial charge in [0.25, 0.3) is 5.91 Å². The molecule has 0 aliphatic carbocycles. The predicted molar refractivity (Wildman–Crippen MR) is 132 cm³/mol. The van der Waals surface area contributed by atoms with Gasteiger partial charge in [0.15, 0.2) is 0 Å². The molecule has 4 rings (SSSR count). The Morgan fingerprint density at radius 1 is 1.14 bits per heavy atom. The molecule has 190 valence electrons. The fourth-order valence-electron chi connectivity index (χ4n) is 4.73. The highest BCUT2D eigenvalue weighted by Crippen LogP contribution is 2.30. The molecule has 0 spiro atoms. The number of rotatable bonds is 5. The van der Waals surface area contributed by atoms with Crippen LogP contribution in [0.15, 0.2) is 36.2 Å². The average Bonchev–Trinajstić information content (AvgIpc) is 3.37. The highest BCUT2D eigenvalue weighted by atomic mass is 35.5. The van der Waals surface area contributed by atoms with Crippen LogP contribution >= 0.6 is 11.6 Å². The van der Waals surface area contributed by atoms with Crippen LogP contribution in [-0.4, -0.2) is 87.8 Å². The molecule has 3 aliphatic heterocycles. The van der Waals surface area contributed by atoms with E-state index in [0.29, 0.717) is 55.7 Å². The van der Waals surface area contributed by atoms with E-state index in [1.807, 2.05) is 30.6 Å². The summed E-state index contributed by atoms with van der Waals surface area (Å²) < 4.78 is 0. The summed E-state index contributed by atoms with van der Waals surface area (Å²) in [7, 11) is 0. The molecule has 10 nitrogen and oxygen atoms in total. The quantitative estimate of drug-likeness (QED) is 0.566. The third kappa shape index (κ3) is 5.48. The maximum absolute atomic E-state index is 13.4. The smallest absolute Gasteiger partial charge is 0.319 e. The van der Waals surface area contributed by atoms with Crippen molar-refractivity contribution < 1.29 is 19.5 Å². The number of likely N-dealkylation sites (tertiary alicyclic amines) is 1. The van der Waals surface area contributed by atoms with Crippen LogP contribution in [0.4, 0.5) is 10.5 Å². The van der Waals surface area contributed by atoms with Crippen molar-refractivity contribution in [3.8, 4) is 0 Å². The Kier molecular flexibility index (Phi) is 7.14. The van der Waals surface area contributed by atoms with Crippen LogP contribution < -0.4 is 10.6 Å². The van der Waals surface area contributed by atoms with E-state index in [1.165, 1.54) is 0 Å². The van der Waals surface area contributed by atoms with Crippen LogP contribution in [0, 0.1) is 5.41 Å². The number of anilines is 1. The molecule has 1 aromatic rings. The molecule has 0 bridgehead atoms. The number of aliphatic hydroxyl groups is 1. The van der Waals surface area contributed by atoms with E-state index < -0.39 is 17.5 Å². The standard InChI is InChI=1S/C24H33ClN6O4/c1-24(2,3)20(27-23(35)26-17-6-4-16(25)5-7-17)22(34)29-10-8-18(9-11-29)31-14-30-13-28(15-32)12-19(30)21(31)33/h4-7,12,18,20,32H,8-11,13-15H2,1-3H3,(H2,26,27,35)/t20-/m0/s1. The molecular formula is C24H33ClN6O4. The number of piperidine rings is 1. The predicted octanol–water partition coefficient (Wildman–Crippen LogP) is 2.03. The fraction of sp³-hybridized carbons (Fsp3) is 0.542. The van der Waals surface area contributed by atoms with E-state index in [0.717, 1.165) is 0 Å². The van der Waals surface area contributed by atoms with E-state index in [9.17, 15) is 19.5 Å². The van der Waals surface area contributed by atoms with Gasteiger partial charge in [-0.3, -0.25) is 9.59 Å². The van der Waals surface area contributed by atoms with Gasteiger partial charge in [-0.15, -0.1) is 0 Å². The first kappa shape index (κ1) is 25.1. The van der Waals surface area contributed by atoms with Gasteiger partial charge in [-0.1, -0.05) is 32.4 Å². The van der Waals surface area contributed by atoms with E-state index in [2.05, 4.69) is 10.6 Å². The molecule has 3 heterocycles. The van der Waals surface area contributed by atoms with Crippen LogP contribution in [0.5, 0.6) is 0 Å². The van der Waals surface area contributed by atoms with E-state index >= 15 is 0 Å². The van der Waals surface area contributed by atoms with Gasteiger partial charge in [0.1, 0.15) is 18.5 Å². The minimum atomic E-state index is -0.708. The number of carbonyl (C=O) groups is 3. The Bertz CT molecular complexity index is 1000. The van der Waals surface area contributed by atoms with E-state index in [-0.39, 0.29) is 24.6 Å². The molecule has 0 aromatic heterocycles. The summed E-state index contributed by atoms with van der Waals surface area (Å²) in [6, 6.07) is 5.65.